The second kappa shape index (κ2) is 11.2. The summed E-state index contributed by atoms with van der Waals surface area (Å²) in [5, 5.41) is 5.54. The van der Waals surface area contributed by atoms with Crippen LogP contribution in [0.15, 0.2) is 74.7 Å². The van der Waals surface area contributed by atoms with Gasteiger partial charge in [0.25, 0.3) is 0 Å². The number of ether oxygens (including phenoxy) is 2. The molecule has 1 aromatic heterocycles. The van der Waals surface area contributed by atoms with Gasteiger partial charge in [0.1, 0.15) is 12.2 Å². The quantitative estimate of drug-likeness (QED) is 0.124. The minimum absolute atomic E-state index is 0.179. The Bertz CT molecular complexity index is 1370. The van der Waals surface area contributed by atoms with Crippen molar-refractivity contribution in [3.63, 3.8) is 0 Å². The van der Waals surface area contributed by atoms with Crippen LogP contribution < -0.4 is 14.9 Å². The van der Waals surface area contributed by atoms with Crippen molar-refractivity contribution in [2.24, 2.45) is 5.10 Å². The molecule has 174 valence electrons. The van der Waals surface area contributed by atoms with Gasteiger partial charge in [0.15, 0.2) is 17.3 Å². The molecule has 0 unspecified atom stereocenters. The van der Waals surface area contributed by atoms with Crippen molar-refractivity contribution in [1.29, 1.82) is 0 Å². The number of nitrogens with one attached hydrogen (secondary N) is 1. The van der Waals surface area contributed by atoms with Gasteiger partial charge in [-0.25, -0.2) is 5.43 Å². The van der Waals surface area contributed by atoms with Gasteiger partial charge in [-0.15, -0.1) is 0 Å². The Hall–Kier alpha value is -2.56. The molecule has 0 saturated carbocycles. The second-order valence-electron chi connectivity index (χ2n) is 7.14. The molecule has 0 aliphatic carbocycles. The van der Waals surface area contributed by atoms with Crippen molar-refractivity contribution in [3.05, 3.63) is 90.6 Å². The van der Waals surface area contributed by atoms with Gasteiger partial charge in [-0.3, -0.25) is 4.79 Å². The van der Waals surface area contributed by atoms with Gasteiger partial charge in [0.2, 0.25) is 0 Å². The standard InChI is InChI=1S/C25H19BrClIN2O4/c1-2-32-22-10-15(9-20(28)24(22)33-14-16-5-3-4-6-19(16)27)13-29-30-25(31)23-12-17-11-18(26)7-8-21(17)34-23/h3-13H,2,14H2,1H3,(H,30,31)/b29-13+. The number of carbonyl (C=O) groups excluding carboxylic acids is 1. The van der Waals surface area contributed by atoms with E-state index >= 15 is 0 Å². The summed E-state index contributed by atoms with van der Waals surface area (Å²) in [6.07, 6.45) is 1.54. The van der Waals surface area contributed by atoms with Crippen molar-refractivity contribution >= 4 is 73.2 Å². The molecule has 1 N–H and O–H groups in total. The highest BCUT2D eigenvalue weighted by molar-refractivity contribution is 14.1. The van der Waals surface area contributed by atoms with Gasteiger partial charge in [0.05, 0.1) is 16.4 Å². The molecule has 0 aliphatic rings. The van der Waals surface area contributed by atoms with Crippen LogP contribution in [-0.2, 0) is 6.61 Å². The topological polar surface area (TPSA) is 73.1 Å². The van der Waals surface area contributed by atoms with Crippen molar-refractivity contribution < 1.29 is 18.7 Å². The fourth-order valence-electron chi connectivity index (χ4n) is 3.18. The molecule has 0 aliphatic heterocycles. The number of carbonyl (C=O) groups is 1. The Morgan fingerprint density at radius 3 is 2.79 bits per heavy atom. The zero-order chi connectivity index (χ0) is 24.1. The van der Waals surface area contributed by atoms with Crippen molar-refractivity contribution in [1.82, 2.24) is 5.43 Å². The molecule has 1 amide bonds. The van der Waals surface area contributed by atoms with Crippen LogP contribution >= 0.6 is 50.1 Å². The fraction of sp³-hybridized carbons (Fsp3) is 0.120. The number of furan rings is 1. The predicted molar refractivity (Wildman–Crippen MR) is 145 cm³/mol. The number of rotatable bonds is 8. The van der Waals surface area contributed by atoms with E-state index < -0.39 is 5.91 Å². The van der Waals surface area contributed by atoms with E-state index in [2.05, 4.69) is 49.0 Å². The molecule has 34 heavy (non-hydrogen) atoms. The largest absolute Gasteiger partial charge is 0.490 e. The van der Waals surface area contributed by atoms with E-state index in [-0.39, 0.29) is 5.76 Å². The van der Waals surface area contributed by atoms with Gasteiger partial charge < -0.3 is 13.9 Å². The molecule has 9 heteroatoms. The Morgan fingerprint density at radius 2 is 2.00 bits per heavy atom. The van der Waals surface area contributed by atoms with Gasteiger partial charge in [0, 0.05) is 20.4 Å². The molecule has 0 spiro atoms. The molecule has 0 radical (unpaired) electrons. The maximum atomic E-state index is 12.4. The number of nitrogens with zero attached hydrogens (tertiary/aromatic N) is 1. The molecular formula is C25H19BrClIN2O4. The summed E-state index contributed by atoms with van der Waals surface area (Å²) in [5.41, 5.74) is 4.75. The Morgan fingerprint density at radius 1 is 1.18 bits per heavy atom. The number of halogens is 3. The van der Waals surface area contributed by atoms with Crippen molar-refractivity contribution in [2.75, 3.05) is 6.61 Å². The average molecular weight is 654 g/mol. The van der Waals surface area contributed by atoms with E-state index in [9.17, 15) is 4.79 Å². The maximum Gasteiger partial charge on any atom is 0.307 e. The molecule has 4 rings (SSSR count). The summed E-state index contributed by atoms with van der Waals surface area (Å²) in [5.74, 6) is 0.940. The highest BCUT2D eigenvalue weighted by Gasteiger charge is 2.14. The molecule has 4 aromatic rings. The Labute approximate surface area is 223 Å². The molecule has 0 bridgehead atoms. The lowest BCUT2D eigenvalue weighted by atomic mass is 10.2. The van der Waals surface area contributed by atoms with Gasteiger partial charge >= 0.3 is 5.91 Å². The lowest BCUT2D eigenvalue weighted by Gasteiger charge is -2.15. The van der Waals surface area contributed by atoms with Crippen LogP contribution in [0, 0.1) is 3.57 Å². The predicted octanol–water partition coefficient (Wildman–Crippen LogP) is 7.19. The minimum atomic E-state index is -0.442. The first-order chi connectivity index (χ1) is 16.4. The minimum Gasteiger partial charge on any atom is -0.490 e. The van der Waals surface area contributed by atoms with Crippen LogP contribution in [0.2, 0.25) is 5.02 Å². The normalized spacial score (nSPS) is 11.2. The highest BCUT2D eigenvalue weighted by Crippen LogP contribution is 2.35. The van der Waals surface area contributed by atoms with Crippen LogP contribution in [0.5, 0.6) is 11.5 Å². The van der Waals surface area contributed by atoms with Gasteiger partial charge in [-0.1, -0.05) is 45.7 Å². The zero-order valence-corrected chi connectivity index (χ0v) is 22.5. The van der Waals surface area contributed by atoms with E-state index in [1.165, 1.54) is 0 Å². The molecule has 1 heterocycles. The number of hydrogen-bond donors (Lipinski definition) is 1. The first kappa shape index (κ1) is 24.6. The maximum absolute atomic E-state index is 12.4. The molecular weight excluding hydrogens is 635 g/mol. The molecule has 6 nitrogen and oxygen atoms in total. The summed E-state index contributed by atoms with van der Waals surface area (Å²) in [6.45, 7) is 2.68. The number of fused-ring (bicyclic) bond motifs is 1. The molecule has 0 fully saturated rings. The monoisotopic (exact) mass is 652 g/mol. The Kier molecular flexibility index (Phi) is 8.12. The van der Waals surface area contributed by atoms with Gasteiger partial charge in [-0.2, -0.15) is 5.10 Å². The van der Waals surface area contributed by atoms with Gasteiger partial charge in [-0.05, 0) is 77.5 Å². The molecule has 0 saturated heterocycles. The number of amides is 1. The second-order valence-corrected chi connectivity index (χ2v) is 9.62. The number of hydrogen-bond acceptors (Lipinski definition) is 5. The van der Waals surface area contributed by atoms with E-state index in [4.69, 9.17) is 25.5 Å². The van der Waals surface area contributed by atoms with Crippen molar-refractivity contribution in [3.8, 4) is 11.5 Å². The molecule has 0 atom stereocenters. The van der Waals surface area contributed by atoms with Crippen LogP contribution in [0.25, 0.3) is 11.0 Å². The lowest BCUT2D eigenvalue weighted by Crippen LogP contribution is -2.16. The van der Waals surface area contributed by atoms with E-state index in [0.717, 1.165) is 24.6 Å². The van der Waals surface area contributed by atoms with Crippen molar-refractivity contribution in [2.45, 2.75) is 13.5 Å². The smallest absolute Gasteiger partial charge is 0.307 e. The Balaban J connectivity index is 1.47. The summed E-state index contributed by atoms with van der Waals surface area (Å²) < 4.78 is 19.2. The summed E-state index contributed by atoms with van der Waals surface area (Å²) in [4.78, 5) is 12.4. The first-order valence-corrected chi connectivity index (χ1v) is 12.5. The first-order valence-electron chi connectivity index (χ1n) is 10.3. The summed E-state index contributed by atoms with van der Waals surface area (Å²) >= 11 is 11.8. The zero-order valence-electron chi connectivity index (χ0n) is 18.0. The van der Waals surface area contributed by atoms with Crippen LogP contribution in [-0.4, -0.2) is 18.7 Å². The van der Waals surface area contributed by atoms with Crippen LogP contribution in [0.4, 0.5) is 0 Å². The SMILES string of the molecule is CCOc1cc(/C=N/NC(=O)c2cc3cc(Br)ccc3o2)cc(I)c1OCc1ccccc1Cl. The fourth-order valence-corrected chi connectivity index (χ4v) is 4.53. The van der Waals surface area contributed by atoms with E-state index in [1.807, 2.05) is 55.5 Å². The average Bonchev–Trinajstić information content (AvgIpc) is 3.23. The third kappa shape index (κ3) is 5.92. The van der Waals surface area contributed by atoms with E-state index in [0.29, 0.717) is 35.3 Å². The van der Waals surface area contributed by atoms with Crippen LogP contribution in [0.1, 0.15) is 28.6 Å². The third-order valence-corrected chi connectivity index (χ3v) is 6.41. The molecule has 3 aromatic carbocycles. The highest BCUT2D eigenvalue weighted by atomic mass is 127. The summed E-state index contributed by atoms with van der Waals surface area (Å²) in [7, 11) is 0. The lowest BCUT2D eigenvalue weighted by molar-refractivity contribution is 0.0929. The summed E-state index contributed by atoms with van der Waals surface area (Å²) in [6, 6.07) is 18.4. The third-order valence-electron chi connectivity index (χ3n) is 4.74. The number of benzene rings is 3. The van der Waals surface area contributed by atoms with E-state index in [1.54, 1.807) is 18.3 Å². The number of hydrazone groups is 1. The van der Waals surface area contributed by atoms with Crippen LogP contribution in [0.3, 0.4) is 0 Å².